The van der Waals surface area contributed by atoms with Crippen molar-refractivity contribution in [2.45, 2.75) is 0 Å². The molecule has 0 aliphatic rings. The largest absolute Gasteiger partial charge is 2.00 e. The van der Waals surface area contributed by atoms with Gasteiger partial charge in [-0.25, -0.2) is 0 Å². The molecule has 0 aromatic heterocycles. The molecule has 0 radical (unpaired) electrons. The standard InChI is InChI=1S/ClH.H3N.H2O4S.Zn/c;;1-5(2,3)4;/h1H;1H3;(H2,1,2,3,4);/q;;;+2/p-2. The summed E-state index contributed by atoms with van der Waals surface area (Å²) in [6.45, 7) is 0. The minimum absolute atomic E-state index is 0. The van der Waals surface area contributed by atoms with Gasteiger partial charge in [0.05, 0.1) is 0 Å². The Kier molecular flexibility index (Phi) is 22.6. The molecular formula is H4ClNO4SZn. The van der Waals surface area contributed by atoms with Gasteiger partial charge >= 0.3 is 19.5 Å². The van der Waals surface area contributed by atoms with Gasteiger partial charge in [-0.05, 0) is 0 Å². The average molecular weight is 215 g/mol. The molecule has 0 heterocycles. The Balaban J connectivity index is -0.0000000267. The van der Waals surface area contributed by atoms with Gasteiger partial charge in [-0.2, -0.15) is 0 Å². The van der Waals surface area contributed by atoms with Crippen molar-refractivity contribution < 1.29 is 37.0 Å². The molecule has 0 fully saturated rings. The van der Waals surface area contributed by atoms with Crippen LogP contribution in [0.25, 0.3) is 0 Å². The maximum absolute atomic E-state index is 8.52. The predicted octanol–water partition coefficient (Wildman–Crippen LogP) is -0.757. The number of hydrogen-bond donors (Lipinski definition) is 1. The third-order valence-corrected chi connectivity index (χ3v) is 0. The van der Waals surface area contributed by atoms with Crippen LogP contribution in [0.5, 0.6) is 0 Å². The quantitative estimate of drug-likeness (QED) is 0.324. The molecule has 0 spiro atoms. The second kappa shape index (κ2) is 7.74. The molecule has 0 aliphatic carbocycles. The molecule has 48 valence electrons. The van der Waals surface area contributed by atoms with E-state index in [1.807, 2.05) is 0 Å². The monoisotopic (exact) mass is 213 g/mol. The fraction of sp³-hybridized carbons (Fsp3) is 0. The van der Waals surface area contributed by atoms with Gasteiger partial charge in [0.1, 0.15) is 0 Å². The molecule has 8 heavy (non-hydrogen) atoms. The van der Waals surface area contributed by atoms with E-state index in [4.69, 9.17) is 17.5 Å². The summed E-state index contributed by atoms with van der Waals surface area (Å²) < 4.78 is 34.1. The second-order valence-corrected chi connectivity index (χ2v) is 1.22. The summed E-state index contributed by atoms with van der Waals surface area (Å²) in [4.78, 5) is 0. The number of halogens is 1. The zero-order chi connectivity index (χ0) is 4.50. The van der Waals surface area contributed by atoms with E-state index in [0.717, 1.165) is 0 Å². The minimum Gasteiger partial charge on any atom is -0.759 e. The Labute approximate surface area is 66.2 Å². The zero-order valence-electron chi connectivity index (χ0n) is 3.86. The van der Waals surface area contributed by atoms with Crippen molar-refractivity contribution in [3.63, 3.8) is 0 Å². The van der Waals surface area contributed by atoms with Crippen molar-refractivity contribution in [3.8, 4) is 0 Å². The minimum atomic E-state index is -5.17. The van der Waals surface area contributed by atoms with Crippen LogP contribution in [0.15, 0.2) is 0 Å². The average Bonchev–Trinajstić information content (AvgIpc) is 0.722. The van der Waals surface area contributed by atoms with Crippen LogP contribution in [0.4, 0.5) is 0 Å². The third-order valence-electron chi connectivity index (χ3n) is 0. The Morgan fingerprint density at radius 1 is 1.12 bits per heavy atom. The maximum Gasteiger partial charge on any atom is 2.00 e. The number of hydrogen-bond acceptors (Lipinski definition) is 5. The maximum atomic E-state index is 8.52. The molecule has 0 saturated heterocycles. The van der Waals surface area contributed by atoms with Gasteiger partial charge in [0.15, 0.2) is 0 Å². The van der Waals surface area contributed by atoms with Crippen molar-refractivity contribution in [1.29, 1.82) is 0 Å². The van der Waals surface area contributed by atoms with Crippen LogP contribution in [-0.4, -0.2) is 17.5 Å². The molecule has 8 heteroatoms. The van der Waals surface area contributed by atoms with Crippen LogP contribution in [0.2, 0.25) is 0 Å². The van der Waals surface area contributed by atoms with Crippen LogP contribution in [0.3, 0.4) is 0 Å². The summed E-state index contributed by atoms with van der Waals surface area (Å²) in [5.41, 5.74) is 0. The first-order valence-electron chi connectivity index (χ1n) is 0.667. The SMILES string of the molecule is Cl.N.O=S(=O)([O-])[O-].[Zn+2]. The first-order chi connectivity index (χ1) is 2.00. The molecular weight excluding hydrogens is 211 g/mol. The summed E-state index contributed by atoms with van der Waals surface area (Å²) in [5, 5.41) is 0. The van der Waals surface area contributed by atoms with E-state index in [1.165, 1.54) is 0 Å². The summed E-state index contributed by atoms with van der Waals surface area (Å²) in [6.07, 6.45) is 0. The van der Waals surface area contributed by atoms with E-state index in [1.54, 1.807) is 0 Å². The van der Waals surface area contributed by atoms with Crippen molar-refractivity contribution in [3.05, 3.63) is 0 Å². The summed E-state index contributed by atoms with van der Waals surface area (Å²) in [6, 6.07) is 0. The summed E-state index contributed by atoms with van der Waals surface area (Å²) in [5.74, 6) is 0. The predicted molar refractivity (Wildman–Crippen MR) is 22.7 cm³/mol. The van der Waals surface area contributed by atoms with Crippen molar-refractivity contribution in [1.82, 2.24) is 6.15 Å². The van der Waals surface area contributed by atoms with E-state index in [0.29, 0.717) is 0 Å². The molecule has 0 saturated carbocycles. The Hall–Kier alpha value is 0.743. The van der Waals surface area contributed by atoms with Gasteiger partial charge in [0, 0.05) is 10.4 Å². The first-order valence-corrected chi connectivity index (χ1v) is 2.00. The van der Waals surface area contributed by atoms with Crippen LogP contribution < -0.4 is 6.15 Å². The molecule has 0 aliphatic heterocycles. The fourth-order valence-electron chi connectivity index (χ4n) is 0. The van der Waals surface area contributed by atoms with Crippen molar-refractivity contribution in [2.24, 2.45) is 0 Å². The number of rotatable bonds is 0. The van der Waals surface area contributed by atoms with Gasteiger partial charge in [-0.3, -0.25) is 8.42 Å². The molecule has 0 aromatic rings. The van der Waals surface area contributed by atoms with Crippen LogP contribution >= 0.6 is 12.4 Å². The normalized spacial score (nSPS) is 7.25. The molecule has 0 rings (SSSR count). The molecule has 0 unspecified atom stereocenters. The molecule has 0 aromatic carbocycles. The van der Waals surface area contributed by atoms with E-state index in [9.17, 15) is 0 Å². The summed E-state index contributed by atoms with van der Waals surface area (Å²) in [7, 11) is -5.17. The van der Waals surface area contributed by atoms with E-state index in [-0.39, 0.29) is 38.0 Å². The summed E-state index contributed by atoms with van der Waals surface area (Å²) >= 11 is 0. The Bertz CT molecular complexity index is 99.2. The molecule has 3 N–H and O–H groups in total. The van der Waals surface area contributed by atoms with Gasteiger partial charge in [0.2, 0.25) is 0 Å². The van der Waals surface area contributed by atoms with Crippen molar-refractivity contribution in [2.75, 3.05) is 0 Å². The Morgan fingerprint density at radius 2 is 1.12 bits per heavy atom. The van der Waals surface area contributed by atoms with Crippen molar-refractivity contribution >= 4 is 22.8 Å². The van der Waals surface area contributed by atoms with E-state index >= 15 is 0 Å². The molecule has 0 atom stereocenters. The van der Waals surface area contributed by atoms with Gasteiger partial charge < -0.3 is 15.3 Å². The smallest absolute Gasteiger partial charge is 0.759 e. The van der Waals surface area contributed by atoms with Crippen LogP contribution in [-0.2, 0) is 29.9 Å². The molecule has 5 nitrogen and oxygen atoms in total. The third kappa shape index (κ3) is 403. The fourth-order valence-corrected chi connectivity index (χ4v) is 0. The first kappa shape index (κ1) is 23.3. The molecule has 0 amide bonds. The second-order valence-electron chi connectivity index (χ2n) is 0.408. The zero-order valence-corrected chi connectivity index (χ0v) is 8.46. The van der Waals surface area contributed by atoms with Gasteiger partial charge in [-0.15, -0.1) is 12.4 Å². The molecule has 0 bridgehead atoms. The van der Waals surface area contributed by atoms with E-state index < -0.39 is 10.4 Å². The van der Waals surface area contributed by atoms with Gasteiger partial charge in [0.25, 0.3) is 0 Å². The van der Waals surface area contributed by atoms with Gasteiger partial charge in [-0.1, -0.05) is 0 Å². The van der Waals surface area contributed by atoms with Crippen LogP contribution in [0.1, 0.15) is 0 Å². The Morgan fingerprint density at radius 3 is 1.12 bits per heavy atom. The van der Waals surface area contributed by atoms with Crippen LogP contribution in [0, 0.1) is 0 Å². The van der Waals surface area contributed by atoms with E-state index in [2.05, 4.69) is 0 Å². The topological polar surface area (TPSA) is 115 Å².